The molecule has 1 atom stereocenters. The molecule has 1 fully saturated rings. The van der Waals surface area contributed by atoms with Gasteiger partial charge in [-0.2, -0.15) is 0 Å². The maximum absolute atomic E-state index is 10.1. The Labute approximate surface area is 121 Å². The van der Waals surface area contributed by atoms with Crippen LogP contribution in [0.2, 0.25) is 0 Å². The van der Waals surface area contributed by atoms with Gasteiger partial charge in [0.05, 0.1) is 6.10 Å². The molecular formula is C17H23NO2. The second-order valence-corrected chi connectivity index (χ2v) is 5.34. The fourth-order valence-electron chi connectivity index (χ4n) is 2.77. The first kappa shape index (κ1) is 14.9. The first-order valence-electron chi connectivity index (χ1n) is 7.34. The third kappa shape index (κ3) is 4.26. The third-order valence-electron chi connectivity index (χ3n) is 3.90. The van der Waals surface area contributed by atoms with E-state index in [0.717, 1.165) is 24.2 Å². The fraction of sp³-hybridized carbons (Fsp3) is 0.529. The summed E-state index contributed by atoms with van der Waals surface area (Å²) in [5, 5.41) is 13.4. The Morgan fingerprint density at radius 3 is 2.85 bits per heavy atom. The lowest BCUT2D eigenvalue weighted by Crippen LogP contribution is -2.31. The number of aliphatic hydroxyl groups is 1. The predicted octanol–water partition coefficient (Wildman–Crippen LogP) is 2.34. The van der Waals surface area contributed by atoms with Gasteiger partial charge in [0, 0.05) is 18.7 Å². The van der Waals surface area contributed by atoms with Crippen molar-refractivity contribution >= 4 is 0 Å². The van der Waals surface area contributed by atoms with Crippen LogP contribution >= 0.6 is 0 Å². The second-order valence-electron chi connectivity index (χ2n) is 5.34. The first-order valence-corrected chi connectivity index (χ1v) is 7.34. The molecule has 0 bridgehead atoms. The van der Waals surface area contributed by atoms with Gasteiger partial charge in [0.15, 0.2) is 0 Å². The van der Waals surface area contributed by atoms with Crippen molar-refractivity contribution in [1.29, 1.82) is 0 Å². The van der Waals surface area contributed by atoms with E-state index in [9.17, 15) is 5.11 Å². The van der Waals surface area contributed by atoms with E-state index in [4.69, 9.17) is 11.2 Å². The van der Waals surface area contributed by atoms with Gasteiger partial charge in [0.25, 0.3) is 0 Å². The second kappa shape index (κ2) is 7.94. The molecular weight excluding hydrogens is 250 g/mol. The summed E-state index contributed by atoms with van der Waals surface area (Å²) in [5.41, 5.74) is 1.07. The van der Waals surface area contributed by atoms with Crippen molar-refractivity contribution in [3.8, 4) is 18.1 Å². The van der Waals surface area contributed by atoms with Crippen molar-refractivity contribution < 1.29 is 9.84 Å². The largest absolute Gasteiger partial charge is 0.481 e. The van der Waals surface area contributed by atoms with Gasteiger partial charge in [-0.1, -0.05) is 37.0 Å². The van der Waals surface area contributed by atoms with Gasteiger partial charge in [-0.3, -0.25) is 0 Å². The molecule has 1 aromatic carbocycles. The number of nitrogens with one attached hydrogen (secondary N) is 1. The highest BCUT2D eigenvalue weighted by Crippen LogP contribution is 2.27. The zero-order valence-corrected chi connectivity index (χ0v) is 11.8. The minimum Gasteiger partial charge on any atom is -0.481 e. The molecule has 0 saturated heterocycles. The van der Waals surface area contributed by atoms with Gasteiger partial charge in [0.2, 0.25) is 0 Å². The molecule has 3 heteroatoms. The molecule has 1 unspecified atom stereocenters. The molecule has 0 aliphatic heterocycles. The highest BCUT2D eigenvalue weighted by atomic mass is 16.5. The summed E-state index contributed by atoms with van der Waals surface area (Å²) in [4.78, 5) is 0. The number of hydrogen-bond acceptors (Lipinski definition) is 3. The molecule has 1 saturated carbocycles. The van der Waals surface area contributed by atoms with Crippen molar-refractivity contribution in [1.82, 2.24) is 5.32 Å². The molecule has 0 heterocycles. The van der Waals surface area contributed by atoms with Crippen molar-refractivity contribution in [2.24, 2.45) is 5.92 Å². The van der Waals surface area contributed by atoms with E-state index in [1.54, 1.807) is 0 Å². The lowest BCUT2D eigenvalue weighted by Gasteiger charge is -2.18. The molecule has 0 radical (unpaired) electrons. The Kier molecular flexibility index (Phi) is 5.91. The lowest BCUT2D eigenvalue weighted by atomic mass is 10.0. The minimum absolute atomic E-state index is 0.240. The van der Waals surface area contributed by atoms with Crippen molar-refractivity contribution in [3.05, 3.63) is 29.8 Å². The summed E-state index contributed by atoms with van der Waals surface area (Å²) in [6.45, 7) is 1.60. The molecule has 0 spiro atoms. The predicted molar refractivity (Wildman–Crippen MR) is 80.4 cm³/mol. The first-order chi connectivity index (χ1) is 9.81. The zero-order valence-electron chi connectivity index (χ0n) is 11.8. The van der Waals surface area contributed by atoms with E-state index < -0.39 is 0 Å². The number of benzene rings is 1. The van der Waals surface area contributed by atoms with E-state index in [2.05, 4.69) is 11.2 Å². The molecule has 1 aliphatic carbocycles. The average molecular weight is 273 g/mol. The zero-order chi connectivity index (χ0) is 14.2. The molecule has 0 amide bonds. The number of aliphatic hydroxyl groups excluding tert-OH is 1. The summed E-state index contributed by atoms with van der Waals surface area (Å²) in [7, 11) is 0. The van der Waals surface area contributed by atoms with Gasteiger partial charge in [-0.15, -0.1) is 6.42 Å². The van der Waals surface area contributed by atoms with Crippen molar-refractivity contribution in [2.75, 3.05) is 13.2 Å². The van der Waals surface area contributed by atoms with Crippen LogP contribution in [0.25, 0.3) is 0 Å². The summed E-state index contributed by atoms with van der Waals surface area (Å²) in [6, 6.07) is 7.85. The normalized spacial score (nSPS) is 16.8. The third-order valence-corrected chi connectivity index (χ3v) is 3.90. The van der Waals surface area contributed by atoms with E-state index in [-0.39, 0.29) is 12.7 Å². The van der Waals surface area contributed by atoms with Gasteiger partial charge >= 0.3 is 0 Å². The maximum Gasteiger partial charge on any atom is 0.148 e. The number of para-hydroxylation sites is 1. The van der Waals surface area contributed by atoms with Crippen LogP contribution in [0.4, 0.5) is 0 Å². The Morgan fingerprint density at radius 2 is 2.10 bits per heavy atom. The van der Waals surface area contributed by atoms with Gasteiger partial charge in [-0.25, -0.2) is 0 Å². The number of rotatable bonds is 7. The van der Waals surface area contributed by atoms with E-state index >= 15 is 0 Å². The number of hydrogen-bond donors (Lipinski definition) is 2. The minimum atomic E-state index is -0.240. The Morgan fingerprint density at radius 1 is 1.35 bits per heavy atom. The molecule has 3 nitrogen and oxygen atoms in total. The van der Waals surface area contributed by atoms with Crippen LogP contribution < -0.4 is 10.1 Å². The van der Waals surface area contributed by atoms with Crippen LogP contribution in [0.3, 0.4) is 0 Å². The standard InChI is InChI=1S/C17H23NO2/c1-2-11-20-17-10-6-5-9-15(17)12-18-13-16(19)14-7-3-4-8-14/h1,5-6,9-10,14,16,18-19H,3-4,7-8,11-13H2. The summed E-state index contributed by atoms with van der Waals surface area (Å²) in [5.74, 6) is 3.75. The lowest BCUT2D eigenvalue weighted by molar-refractivity contribution is 0.109. The molecule has 20 heavy (non-hydrogen) atoms. The Hall–Kier alpha value is -1.50. The van der Waals surface area contributed by atoms with Gasteiger partial charge < -0.3 is 15.2 Å². The number of terminal acetylenes is 1. The average Bonchev–Trinajstić information content (AvgIpc) is 3.00. The molecule has 2 rings (SSSR count). The SMILES string of the molecule is C#CCOc1ccccc1CNCC(O)C1CCCC1. The summed E-state index contributed by atoms with van der Waals surface area (Å²) in [6.07, 6.45) is 9.80. The summed E-state index contributed by atoms with van der Waals surface area (Å²) >= 11 is 0. The van der Waals surface area contributed by atoms with Crippen LogP contribution in [-0.2, 0) is 6.54 Å². The van der Waals surface area contributed by atoms with E-state index in [0.29, 0.717) is 19.0 Å². The monoisotopic (exact) mass is 273 g/mol. The van der Waals surface area contributed by atoms with Crippen LogP contribution in [0.1, 0.15) is 31.2 Å². The van der Waals surface area contributed by atoms with Gasteiger partial charge in [0.1, 0.15) is 12.4 Å². The topological polar surface area (TPSA) is 41.5 Å². The maximum atomic E-state index is 10.1. The van der Waals surface area contributed by atoms with Gasteiger partial charge in [-0.05, 0) is 24.8 Å². The Bertz CT molecular complexity index is 447. The van der Waals surface area contributed by atoms with Crippen LogP contribution in [0, 0.1) is 18.3 Å². The highest BCUT2D eigenvalue weighted by Gasteiger charge is 2.22. The van der Waals surface area contributed by atoms with Crippen molar-refractivity contribution in [3.63, 3.8) is 0 Å². The quantitative estimate of drug-likeness (QED) is 0.749. The molecule has 2 N–H and O–H groups in total. The van der Waals surface area contributed by atoms with Crippen molar-refractivity contribution in [2.45, 2.75) is 38.3 Å². The Balaban J connectivity index is 1.79. The molecule has 1 aliphatic rings. The molecule has 1 aromatic rings. The molecule has 0 aromatic heterocycles. The van der Waals surface area contributed by atoms with E-state index in [1.165, 1.54) is 12.8 Å². The van der Waals surface area contributed by atoms with Crippen LogP contribution in [0.15, 0.2) is 24.3 Å². The highest BCUT2D eigenvalue weighted by molar-refractivity contribution is 5.33. The molecule has 108 valence electrons. The van der Waals surface area contributed by atoms with E-state index in [1.807, 2.05) is 24.3 Å². The fourth-order valence-corrected chi connectivity index (χ4v) is 2.77. The van der Waals surface area contributed by atoms with Crippen LogP contribution in [0.5, 0.6) is 5.75 Å². The number of ether oxygens (including phenoxy) is 1. The summed E-state index contributed by atoms with van der Waals surface area (Å²) < 4.78 is 5.51. The van der Waals surface area contributed by atoms with Crippen LogP contribution in [-0.4, -0.2) is 24.4 Å². The smallest absolute Gasteiger partial charge is 0.148 e.